The van der Waals surface area contributed by atoms with Crippen LogP contribution in [-0.2, 0) is 16.1 Å². The molecule has 2 N–H and O–H groups in total. The van der Waals surface area contributed by atoms with Crippen molar-refractivity contribution >= 4 is 11.8 Å². The number of rotatable bonds is 5. The summed E-state index contributed by atoms with van der Waals surface area (Å²) in [6, 6.07) is 4.71. The van der Waals surface area contributed by atoms with E-state index < -0.39 is 23.7 Å². The lowest BCUT2D eigenvalue weighted by Crippen LogP contribution is -2.48. The van der Waals surface area contributed by atoms with Gasteiger partial charge < -0.3 is 15.4 Å². The number of nitrogens with one attached hydrogen (secondary N) is 2. The number of para-hydroxylation sites is 1. The molecule has 0 saturated heterocycles. The van der Waals surface area contributed by atoms with Crippen LogP contribution in [0.4, 0.5) is 13.2 Å². The Morgan fingerprint density at radius 3 is 2.29 bits per heavy atom. The number of hydrogen-bond donors (Lipinski definition) is 2. The Kier molecular flexibility index (Phi) is 6.22. The highest BCUT2D eigenvalue weighted by molar-refractivity contribution is 5.89. The Bertz CT molecular complexity index is 595. The molecular weight excluding hydrogens is 325 g/mol. The molecule has 0 heterocycles. The van der Waals surface area contributed by atoms with Crippen molar-refractivity contribution in [3.05, 3.63) is 29.8 Å². The molecule has 24 heavy (non-hydrogen) atoms. The fourth-order valence-corrected chi connectivity index (χ4v) is 1.69. The molecule has 1 rings (SSSR count). The van der Waals surface area contributed by atoms with Crippen LogP contribution in [0.25, 0.3) is 0 Å². The molecule has 0 fully saturated rings. The van der Waals surface area contributed by atoms with Crippen LogP contribution in [0.2, 0.25) is 0 Å². The lowest BCUT2D eigenvalue weighted by atomic mass is 9.95. The molecule has 1 aromatic carbocycles. The third kappa shape index (κ3) is 6.47. The van der Waals surface area contributed by atoms with Crippen molar-refractivity contribution in [2.45, 2.75) is 46.6 Å². The predicted octanol–water partition coefficient (Wildman–Crippen LogP) is 2.75. The molecule has 0 aliphatic carbocycles. The molecule has 0 radical (unpaired) electrons. The fraction of sp³-hybridized carbons (Fsp3) is 0.500. The normalized spacial score (nSPS) is 13.1. The fourth-order valence-electron chi connectivity index (χ4n) is 1.69. The molecule has 0 aliphatic heterocycles. The van der Waals surface area contributed by atoms with Gasteiger partial charge in [-0.3, -0.25) is 9.59 Å². The van der Waals surface area contributed by atoms with E-state index in [-0.39, 0.29) is 23.8 Å². The first-order valence-corrected chi connectivity index (χ1v) is 7.32. The van der Waals surface area contributed by atoms with E-state index in [0.717, 1.165) is 0 Å². The molecule has 0 saturated carbocycles. The smallest absolute Gasteiger partial charge is 0.405 e. The Labute approximate surface area is 138 Å². The highest BCUT2D eigenvalue weighted by atomic mass is 19.4. The van der Waals surface area contributed by atoms with Gasteiger partial charge >= 0.3 is 6.36 Å². The van der Waals surface area contributed by atoms with Gasteiger partial charge in [0, 0.05) is 17.5 Å². The molecule has 1 aromatic rings. The topological polar surface area (TPSA) is 67.4 Å². The first-order chi connectivity index (χ1) is 10.9. The first-order valence-electron chi connectivity index (χ1n) is 7.32. The molecule has 2 amide bonds. The van der Waals surface area contributed by atoms with Crippen molar-refractivity contribution in [1.29, 1.82) is 0 Å². The number of carbonyl (C=O) groups excluding carboxylic acids is 2. The molecule has 0 aromatic heterocycles. The van der Waals surface area contributed by atoms with E-state index in [2.05, 4.69) is 15.4 Å². The number of halogens is 3. The van der Waals surface area contributed by atoms with Crippen molar-refractivity contribution in [3.8, 4) is 5.75 Å². The SMILES string of the molecule is CC(NC(=O)C(C)(C)C)C(=O)NCc1ccccc1OC(F)(F)F. The maximum absolute atomic E-state index is 12.3. The monoisotopic (exact) mass is 346 g/mol. The Morgan fingerprint density at radius 1 is 1.17 bits per heavy atom. The van der Waals surface area contributed by atoms with E-state index in [1.54, 1.807) is 20.8 Å². The lowest BCUT2D eigenvalue weighted by Gasteiger charge is -2.21. The van der Waals surface area contributed by atoms with Crippen LogP contribution in [0.3, 0.4) is 0 Å². The summed E-state index contributed by atoms with van der Waals surface area (Å²) in [5.74, 6) is -1.18. The molecular formula is C16H21F3N2O3. The lowest BCUT2D eigenvalue weighted by molar-refractivity contribution is -0.274. The molecule has 1 unspecified atom stereocenters. The second-order valence-corrected chi connectivity index (χ2v) is 6.32. The summed E-state index contributed by atoms with van der Waals surface area (Å²) in [6.45, 7) is 6.46. The highest BCUT2D eigenvalue weighted by Crippen LogP contribution is 2.26. The number of alkyl halides is 3. The van der Waals surface area contributed by atoms with Gasteiger partial charge in [0.1, 0.15) is 11.8 Å². The number of ether oxygens (including phenoxy) is 1. The summed E-state index contributed by atoms with van der Waals surface area (Å²) in [5, 5.41) is 5.03. The van der Waals surface area contributed by atoms with E-state index in [1.807, 2.05) is 0 Å². The minimum Gasteiger partial charge on any atom is -0.405 e. The van der Waals surface area contributed by atoms with Gasteiger partial charge in [-0.05, 0) is 13.0 Å². The Hall–Kier alpha value is -2.25. The van der Waals surface area contributed by atoms with Crippen molar-refractivity contribution < 1.29 is 27.5 Å². The number of carbonyl (C=O) groups is 2. The van der Waals surface area contributed by atoms with Gasteiger partial charge in [-0.2, -0.15) is 0 Å². The van der Waals surface area contributed by atoms with Crippen LogP contribution >= 0.6 is 0 Å². The van der Waals surface area contributed by atoms with Crippen LogP contribution in [0.15, 0.2) is 24.3 Å². The molecule has 0 aliphatic rings. The quantitative estimate of drug-likeness (QED) is 0.861. The van der Waals surface area contributed by atoms with E-state index in [0.29, 0.717) is 0 Å². The first kappa shape index (κ1) is 19.8. The molecule has 8 heteroatoms. The summed E-state index contributed by atoms with van der Waals surface area (Å²) in [6.07, 6.45) is -4.81. The summed E-state index contributed by atoms with van der Waals surface area (Å²) < 4.78 is 41.0. The third-order valence-electron chi connectivity index (χ3n) is 3.07. The van der Waals surface area contributed by atoms with E-state index in [1.165, 1.54) is 31.2 Å². The standard InChI is InChI=1S/C16H21F3N2O3/c1-10(21-14(23)15(2,3)4)13(22)20-9-11-7-5-6-8-12(11)24-16(17,18)19/h5-8,10H,9H2,1-4H3,(H,20,22)(H,21,23). The third-order valence-corrected chi connectivity index (χ3v) is 3.07. The van der Waals surface area contributed by atoms with E-state index in [4.69, 9.17) is 0 Å². The minimum atomic E-state index is -4.81. The number of benzene rings is 1. The number of hydrogen-bond acceptors (Lipinski definition) is 3. The van der Waals surface area contributed by atoms with Gasteiger partial charge in [-0.25, -0.2) is 0 Å². The second kappa shape index (κ2) is 7.55. The van der Waals surface area contributed by atoms with E-state index in [9.17, 15) is 22.8 Å². The second-order valence-electron chi connectivity index (χ2n) is 6.32. The average molecular weight is 346 g/mol. The zero-order valence-electron chi connectivity index (χ0n) is 14.0. The van der Waals surface area contributed by atoms with Gasteiger partial charge in [0.25, 0.3) is 0 Å². The van der Waals surface area contributed by atoms with Crippen molar-refractivity contribution in [2.75, 3.05) is 0 Å². The molecule has 5 nitrogen and oxygen atoms in total. The summed E-state index contributed by atoms with van der Waals surface area (Å²) in [4.78, 5) is 23.8. The van der Waals surface area contributed by atoms with Crippen LogP contribution < -0.4 is 15.4 Å². The van der Waals surface area contributed by atoms with Crippen LogP contribution in [0.1, 0.15) is 33.3 Å². The van der Waals surface area contributed by atoms with Crippen LogP contribution in [0, 0.1) is 5.41 Å². The molecule has 134 valence electrons. The summed E-state index contributed by atoms with van der Waals surface area (Å²) in [5.41, 5.74) is -0.473. The zero-order chi connectivity index (χ0) is 18.5. The molecule has 0 spiro atoms. The largest absolute Gasteiger partial charge is 0.573 e. The van der Waals surface area contributed by atoms with Crippen molar-refractivity contribution in [2.24, 2.45) is 5.41 Å². The number of amides is 2. The molecule has 0 bridgehead atoms. The van der Waals surface area contributed by atoms with Gasteiger partial charge in [0.2, 0.25) is 11.8 Å². The Balaban J connectivity index is 2.66. The summed E-state index contributed by atoms with van der Waals surface area (Å²) >= 11 is 0. The minimum absolute atomic E-state index is 0.152. The van der Waals surface area contributed by atoms with Gasteiger partial charge in [0.15, 0.2) is 0 Å². The van der Waals surface area contributed by atoms with Crippen LogP contribution in [0.5, 0.6) is 5.75 Å². The Morgan fingerprint density at radius 2 is 1.75 bits per heavy atom. The van der Waals surface area contributed by atoms with Gasteiger partial charge in [-0.15, -0.1) is 13.2 Å². The summed E-state index contributed by atoms with van der Waals surface area (Å²) in [7, 11) is 0. The highest BCUT2D eigenvalue weighted by Gasteiger charge is 2.32. The van der Waals surface area contributed by atoms with Crippen molar-refractivity contribution in [3.63, 3.8) is 0 Å². The maximum atomic E-state index is 12.3. The maximum Gasteiger partial charge on any atom is 0.573 e. The van der Waals surface area contributed by atoms with Gasteiger partial charge in [-0.1, -0.05) is 39.0 Å². The zero-order valence-corrected chi connectivity index (χ0v) is 14.0. The molecule has 1 atom stereocenters. The van der Waals surface area contributed by atoms with Gasteiger partial charge in [0.05, 0.1) is 0 Å². The van der Waals surface area contributed by atoms with Crippen molar-refractivity contribution in [1.82, 2.24) is 10.6 Å². The van der Waals surface area contributed by atoms with Crippen LogP contribution in [-0.4, -0.2) is 24.2 Å². The average Bonchev–Trinajstić information content (AvgIpc) is 2.43. The van der Waals surface area contributed by atoms with E-state index >= 15 is 0 Å². The predicted molar refractivity (Wildman–Crippen MR) is 82.0 cm³/mol.